The monoisotopic (exact) mass is 411 g/mol. The number of benzene rings is 2. The number of anilines is 1. The molecule has 3 aromatic rings. The molecule has 0 aliphatic carbocycles. The number of para-hydroxylation sites is 1. The van der Waals surface area contributed by atoms with E-state index in [1.165, 1.54) is 12.1 Å². The summed E-state index contributed by atoms with van der Waals surface area (Å²) in [5.74, 6) is -1.59. The average molecular weight is 411 g/mol. The van der Waals surface area contributed by atoms with Crippen molar-refractivity contribution in [3.05, 3.63) is 65.9 Å². The van der Waals surface area contributed by atoms with Crippen LogP contribution < -0.4 is 9.62 Å². The Hall–Kier alpha value is -3.13. The first-order chi connectivity index (χ1) is 13.9. The van der Waals surface area contributed by atoms with E-state index in [2.05, 4.69) is 10.3 Å². The van der Waals surface area contributed by atoms with E-state index in [1.54, 1.807) is 19.1 Å². The van der Waals surface area contributed by atoms with Crippen molar-refractivity contribution in [3.8, 4) is 0 Å². The van der Waals surface area contributed by atoms with Crippen molar-refractivity contribution in [2.45, 2.75) is 13.3 Å². The van der Waals surface area contributed by atoms with E-state index >= 15 is 0 Å². The van der Waals surface area contributed by atoms with Crippen LogP contribution >= 0.6 is 0 Å². The zero-order chi connectivity index (χ0) is 20.6. The van der Waals surface area contributed by atoms with Gasteiger partial charge in [0, 0.05) is 29.2 Å². The van der Waals surface area contributed by atoms with Gasteiger partial charge in [-0.15, -0.1) is 0 Å². The van der Waals surface area contributed by atoms with Crippen molar-refractivity contribution in [1.82, 2.24) is 10.3 Å². The minimum absolute atomic E-state index is 0.198. The summed E-state index contributed by atoms with van der Waals surface area (Å²) in [5, 5.41) is 3.98. The standard InChI is InChI=1S/C21H21N3O4S/c1-14-13-29(27,28)24(21(14)26)17-6-4-5-15(11-17)20(25)22-10-9-16-12-23-19-8-3-2-7-18(16)19/h2-8,11-12,14,23H,9-10,13H2,1H3,(H,22,25)/t14-/m1/s1. The van der Waals surface area contributed by atoms with Crippen LogP contribution in [0.1, 0.15) is 22.8 Å². The van der Waals surface area contributed by atoms with Crippen LogP contribution in [-0.2, 0) is 21.2 Å². The molecule has 1 aromatic heterocycles. The minimum Gasteiger partial charge on any atom is -0.361 e. The summed E-state index contributed by atoms with van der Waals surface area (Å²) in [6.07, 6.45) is 2.59. The fraction of sp³-hybridized carbons (Fsp3) is 0.238. The Morgan fingerprint density at radius 1 is 1.21 bits per heavy atom. The number of carbonyl (C=O) groups is 2. The van der Waals surface area contributed by atoms with Crippen molar-refractivity contribution in [2.24, 2.45) is 5.92 Å². The maximum absolute atomic E-state index is 12.5. The predicted octanol–water partition coefficient (Wildman–Crippen LogP) is 2.45. The summed E-state index contributed by atoms with van der Waals surface area (Å²) in [5.41, 5.74) is 2.66. The zero-order valence-corrected chi connectivity index (χ0v) is 16.7. The van der Waals surface area contributed by atoms with Gasteiger partial charge in [-0.25, -0.2) is 12.7 Å². The van der Waals surface area contributed by atoms with Crippen LogP contribution in [-0.4, -0.2) is 37.5 Å². The van der Waals surface area contributed by atoms with Crippen molar-refractivity contribution in [1.29, 1.82) is 0 Å². The Kier molecular flexibility index (Phi) is 4.87. The molecular formula is C21H21N3O4S. The molecule has 29 heavy (non-hydrogen) atoms. The molecule has 7 nitrogen and oxygen atoms in total. The van der Waals surface area contributed by atoms with Gasteiger partial charge >= 0.3 is 0 Å². The Balaban J connectivity index is 1.46. The molecule has 150 valence electrons. The third kappa shape index (κ3) is 3.63. The smallest absolute Gasteiger partial charge is 0.251 e. The molecule has 0 radical (unpaired) electrons. The molecule has 2 amide bonds. The molecule has 0 spiro atoms. The molecule has 1 atom stereocenters. The first-order valence-corrected chi connectivity index (χ1v) is 11.0. The van der Waals surface area contributed by atoms with Gasteiger partial charge in [0.15, 0.2) is 0 Å². The molecule has 0 bridgehead atoms. The van der Waals surface area contributed by atoms with Gasteiger partial charge in [-0.1, -0.05) is 31.2 Å². The number of aromatic amines is 1. The van der Waals surface area contributed by atoms with Gasteiger partial charge in [0.1, 0.15) is 0 Å². The summed E-state index contributed by atoms with van der Waals surface area (Å²) in [6, 6.07) is 14.1. The van der Waals surface area contributed by atoms with E-state index in [-0.39, 0.29) is 17.3 Å². The van der Waals surface area contributed by atoms with E-state index in [0.717, 1.165) is 20.8 Å². The summed E-state index contributed by atoms with van der Waals surface area (Å²) in [4.78, 5) is 28.0. The lowest BCUT2D eigenvalue weighted by Gasteiger charge is -2.16. The summed E-state index contributed by atoms with van der Waals surface area (Å²) >= 11 is 0. The molecule has 1 aliphatic heterocycles. The summed E-state index contributed by atoms with van der Waals surface area (Å²) in [6.45, 7) is 2.02. The number of hydrogen-bond donors (Lipinski definition) is 2. The maximum atomic E-state index is 12.5. The van der Waals surface area contributed by atoms with Gasteiger partial charge in [-0.3, -0.25) is 9.59 Å². The average Bonchev–Trinajstić information content (AvgIpc) is 3.19. The number of rotatable bonds is 5. The van der Waals surface area contributed by atoms with E-state index in [1.807, 2.05) is 30.5 Å². The van der Waals surface area contributed by atoms with Crippen LogP contribution in [0.25, 0.3) is 10.9 Å². The van der Waals surface area contributed by atoms with Crippen molar-refractivity contribution < 1.29 is 18.0 Å². The highest BCUT2D eigenvalue weighted by Gasteiger charge is 2.42. The van der Waals surface area contributed by atoms with Gasteiger partial charge in [0.05, 0.1) is 17.4 Å². The van der Waals surface area contributed by atoms with E-state index in [4.69, 9.17) is 0 Å². The van der Waals surface area contributed by atoms with E-state index in [0.29, 0.717) is 18.5 Å². The number of nitrogens with one attached hydrogen (secondary N) is 2. The first-order valence-electron chi connectivity index (χ1n) is 9.37. The second kappa shape index (κ2) is 7.36. The van der Waals surface area contributed by atoms with Crippen LogP contribution in [0.4, 0.5) is 5.69 Å². The second-order valence-electron chi connectivity index (χ2n) is 7.20. The summed E-state index contributed by atoms with van der Waals surface area (Å²) in [7, 11) is -3.70. The molecule has 0 unspecified atom stereocenters. The number of H-pyrrole nitrogens is 1. The lowest BCUT2D eigenvalue weighted by atomic mass is 10.1. The molecule has 2 N–H and O–H groups in total. The number of amides is 2. The zero-order valence-electron chi connectivity index (χ0n) is 15.9. The van der Waals surface area contributed by atoms with Gasteiger partial charge in [-0.2, -0.15) is 0 Å². The number of aromatic nitrogens is 1. The van der Waals surface area contributed by atoms with Gasteiger partial charge in [0.2, 0.25) is 15.9 Å². The molecule has 1 fully saturated rings. The topological polar surface area (TPSA) is 99.3 Å². The SMILES string of the molecule is C[C@@H]1CS(=O)(=O)N(c2cccc(C(=O)NCCc3c[nH]c4ccccc34)c2)C1=O. The Bertz CT molecular complexity index is 1200. The molecule has 1 aliphatic rings. The number of hydrogen-bond acceptors (Lipinski definition) is 4. The molecule has 8 heteroatoms. The quantitative estimate of drug-likeness (QED) is 0.674. The molecule has 0 saturated carbocycles. The fourth-order valence-electron chi connectivity index (χ4n) is 3.61. The van der Waals surface area contributed by atoms with Crippen molar-refractivity contribution >= 4 is 38.4 Å². The van der Waals surface area contributed by atoms with Gasteiger partial charge < -0.3 is 10.3 Å². The van der Waals surface area contributed by atoms with Crippen LogP contribution in [0.2, 0.25) is 0 Å². The first kappa shape index (κ1) is 19.2. The number of carbonyl (C=O) groups excluding carboxylic acids is 2. The van der Waals surface area contributed by atoms with E-state index < -0.39 is 21.8 Å². The Morgan fingerprint density at radius 2 is 2.00 bits per heavy atom. The Labute approximate surface area is 168 Å². The minimum atomic E-state index is -3.70. The van der Waals surface area contributed by atoms with Crippen LogP contribution in [0.15, 0.2) is 54.7 Å². The lowest BCUT2D eigenvalue weighted by molar-refractivity contribution is -0.119. The van der Waals surface area contributed by atoms with Crippen LogP contribution in [0.3, 0.4) is 0 Å². The lowest BCUT2D eigenvalue weighted by Crippen LogP contribution is -2.31. The number of fused-ring (bicyclic) bond motifs is 1. The molecule has 2 heterocycles. The molecular weight excluding hydrogens is 390 g/mol. The Morgan fingerprint density at radius 3 is 2.76 bits per heavy atom. The molecule has 2 aromatic carbocycles. The van der Waals surface area contributed by atoms with Crippen molar-refractivity contribution in [2.75, 3.05) is 16.6 Å². The third-order valence-corrected chi connectivity index (χ3v) is 6.93. The largest absolute Gasteiger partial charge is 0.361 e. The molecule has 4 rings (SSSR count). The normalized spacial score (nSPS) is 18.3. The second-order valence-corrected chi connectivity index (χ2v) is 9.06. The fourth-order valence-corrected chi connectivity index (χ4v) is 5.42. The van der Waals surface area contributed by atoms with Gasteiger partial charge in [0.25, 0.3) is 5.91 Å². The predicted molar refractivity (Wildman–Crippen MR) is 111 cm³/mol. The highest BCUT2D eigenvalue weighted by Crippen LogP contribution is 2.28. The highest BCUT2D eigenvalue weighted by atomic mass is 32.2. The molecule has 1 saturated heterocycles. The highest BCUT2D eigenvalue weighted by molar-refractivity contribution is 7.94. The third-order valence-electron chi connectivity index (χ3n) is 5.06. The van der Waals surface area contributed by atoms with Crippen LogP contribution in [0.5, 0.6) is 0 Å². The number of nitrogens with zero attached hydrogens (tertiary/aromatic N) is 1. The maximum Gasteiger partial charge on any atom is 0.251 e. The van der Waals surface area contributed by atoms with Gasteiger partial charge in [-0.05, 0) is 36.2 Å². The van der Waals surface area contributed by atoms with Crippen molar-refractivity contribution in [3.63, 3.8) is 0 Å². The van der Waals surface area contributed by atoms with E-state index in [9.17, 15) is 18.0 Å². The number of sulfonamides is 1. The van der Waals surface area contributed by atoms with Crippen LogP contribution in [0, 0.1) is 5.92 Å². The summed E-state index contributed by atoms with van der Waals surface area (Å²) < 4.78 is 25.4.